The van der Waals surface area contributed by atoms with E-state index in [0.717, 1.165) is 24.0 Å². The van der Waals surface area contributed by atoms with Crippen LogP contribution >= 0.6 is 0 Å². The van der Waals surface area contributed by atoms with Crippen LogP contribution in [0.5, 0.6) is 0 Å². The highest BCUT2D eigenvalue weighted by atomic mass is 16.5. The Balaban J connectivity index is 2.07. The van der Waals surface area contributed by atoms with Crippen molar-refractivity contribution in [3.05, 3.63) is 71.3 Å². The van der Waals surface area contributed by atoms with Crippen molar-refractivity contribution in [2.75, 3.05) is 6.61 Å². The average molecular weight is 437 g/mol. The minimum absolute atomic E-state index is 0.0790. The summed E-state index contributed by atoms with van der Waals surface area (Å²) in [5.74, 6) is -0.305. The summed E-state index contributed by atoms with van der Waals surface area (Å²) in [5, 5.41) is 0. The van der Waals surface area contributed by atoms with Gasteiger partial charge in [-0.2, -0.15) is 0 Å². The highest BCUT2D eigenvalue weighted by Crippen LogP contribution is 2.24. The minimum Gasteiger partial charge on any atom is -0.465 e. The lowest BCUT2D eigenvalue weighted by molar-refractivity contribution is -0.150. The fourth-order valence-corrected chi connectivity index (χ4v) is 3.73. The molecule has 0 heterocycles. The number of benzene rings is 2. The minimum atomic E-state index is -0.465. The Bertz CT molecular complexity index is 844. The van der Waals surface area contributed by atoms with E-state index in [1.165, 1.54) is 5.56 Å². The molecule has 174 valence electrons. The maximum absolute atomic E-state index is 13.1. The molecule has 2 aromatic rings. The second kappa shape index (κ2) is 12.0. The maximum atomic E-state index is 13.1. The van der Waals surface area contributed by atoms with Crippen LogP contribution in [0, 0.1) is 17.3 Å². The van der Waals surface area contributed by atoms with Crippen molar-refractivity contribution in [3.63, 3.8) is 0 Å². The summed E-state index contributed by atoms with van der Waals surface area (Å²) in [6, 6.07) is 18.2. The molecule has 1 unspecified atom stereocenters. The molecular formula is C29H40O3. The summed E-state index contributed by atoms with van der Waals surface area (Å²) in [4.78, 5) is 26.0. The molecule has 0 fully saturated rings. The highest BCUT2D eigenvalue weighted by Gasteiger charge is 2.27. The maximum Gasteiger partial charge on any atom is 0.309 e. The summed E-state index contributed by atoms with van der Waals surface area (Å²) in [6.07, 6.45) is 2.53. The molecule has 0 saturated heterocycles. The van der Waals surface area contributed by atoms with E-state index < -0.39 is 5.92 Å². The van der Waals surface area contributed by atoms with Gasteiger partial charge in [0.1, 0.15) is 5.78 Å². The first kappa shape index (κ1) is 25.8. The summed E-state index contributed by atoms with van der Waals surface area (Å²) < 4.78 is 5.60. The lowest BCUT2D eigenvalue weighted by Crippen LogP contribution is -2.26. The predicted octanol–water partition coefficient (Wildman–Crippen LogP) is 6.79. The topological polar surface area (TPSA) is 43.4 Å². The zero-order valence-corrected chi connectivity index (χ0v) is 20.7. The Morgan fingerprint density at radius 3 is 2.00 bits per heavy atom. The van der Waals surface area contributed by atoms with E-state index >= 15 is 0 Å². The summed E-state index contributed by atoms with van der Waals surface area (Å²) in [7, 11) is 0. The van der Waals surface area contributed by atoms with Gasteiger partial charge in [-0.3, -0.25) is 9.59 Å². The van der Waals surface area contributed by atoms with Gasteiger partial charge in [0.25, 0.3) is 0 Å². The Morgan fingerprint density at radius 1 is 0.844 bits per heavy atom. The number of carbonyl (C=O) groups is 2. The predicted molar refractivity (Wildman–Crippen MR) is 132 cm³/mol. The lowest BCUT2D eigenvalue weighted by atomic mass is 9.87. The molecule has 0 N–H and O–H groups in total. The first-order valence-electron chi connectivity index (χ1n) is 11.9. The number of ketones is 1. The molecule has 0 aliphatic heterocycles. The van der Waals surface area contributed by atoms with E-state index in [0.29, 0.717) is 18.9 Å². The van der Waals surface area contributed by atoms with Crippen molar-refractivity contribution in [1.82, 2.24) is 0 Å². The molecule has 3 heteroatoms. The Morgan fingerprint density at radius 2 is 1.44 bits per heavy atom. The zero-order valence-electron chi connectivity index (χ0n) is 20.7. The molecule has 0 aromatic heterocycles. The molecule has 32 heavy (non-hydrogen) atoms. The van der Waals surface area contributed by atoms with Gasteiger partial charge in [0, 0.05) is 12.3 Å². The number of hydrogen-bond donors (Lipinski definition) is 0. The number of esters is 1. The van der Waals surface area contributed by atoms with Crippen LogP contribution in [0.3, 0.4) is 0 Å². The third-order valence-corrected chi connectivity index (χ3v) is 5.81. The van der Waals surface area contributed by atoms with Crippen LogP contribution in [-0.4, -0.2) is 18.4 Å². The number of carbonyl (C=O) groups excluding carboxylic acids is 2. The second-order valence-electron chi connectivity index (χ2n) is 10.6. The molecule has 0 spiro atoms. The van der Waals surface area contributed by atoms with Crippen LogP contribution in [0.15, 0.2) is 54.6 Å². The van der Waals surface area contributed by atoms with Crippen LogP contribution in [0.2, 0.25) is 0 Å². The Kier molecular flexibility index (Phi) is 9.68. The number of Topliss-reactive ketones (excluding diaryl/α,β-unsaturated/α-hetero) is 1. The molecule has 0 aliphatic carbocycles. The van der Waals surface area contributed by atoms with E-state index in [9.17, 15) is 9.59 Å². The van der Waals surface area contributed by atoms with Crippen LogP contribution in [-0.2, 0) is 27.2 Å². The zero-order chi connectivity index (χ0) is 23.7. The molecule has 0 saturated carbocycles. The van der Waals surface area contributed by atoms with Gasteiger partial charge in [-0.25, -0.2) is 0 Å². The fraction of sp³-hybridized carbons (Fsp3) is 0.517. The molecule has 2 atom stereocenters. The SMILES string of the molecule is CC(C)Cc1ccc(C(C)C(=O)C[C@@H](Cc2ccccc2)C(=O)OCCC(C)(C)C)cc1. The van der Waals surface area contributed by atoms with Gasteiger partial charge in [-0.15, -0.1) is 0 Å². The van der Waals surface area contributed by atoms with Gasteiger partial charge in [0.2, 0.25) is 0 Å². The van der Waals surface area contributed by atoms with Crippen molar-refractivity contribution in [2.24, 2.45) is 17.3 Å². The Labute approximate surface area is 194 Å². The summed E-state index contributed by atoms with van der Waals surface area (Å²) in [6.45, 7) is 13.1. The van der Waals surface area contributed by atoms with Gasteiger partial charge in [-0.05, 0) is 47.3 Å². The van der Waals surface area contributed by atoms with E-state index in [4.69, 9.17) is 4.74 Å². The summed E-state index contributed by atoms with van der Waals surface area (Å²) >= 11 is 0. The normalized spacial score (nSPS) is 13.6. The van der Waals surface area contributed by atoms with Crippen LogP contribution in [0.4, 0.5) is 0 Å². The molecule has 3 nitrogen and oxygen atoms in total. The monoisotopic (exact) mass is 436 g/mol. The number of ether oxygens (including phenoxy) is 1. The standard InChI is InChI=1S/C29H40O3/c1-21(2)18-24-12-14-25(15-13-24)22(3)27(30)20-26(19-23-10-8-7-9-11-23)28(31)32-17-16-29(4,5)6/h7-15,21-22,26H,16-20H2,1-6H3/t22?,26-/m1/s1. The molecule has 0 radical (unpaired) electrons. The summed E-state index contributed by atoms with van der Waals surface area (Å²) in [5.41, 5.74) is 3.43. The first-order valence-corrected chi connectivity index (χ1v) is 11.9. The molecule has 2 rings (SSSR count). The number of hydrogen-bond acceptors (Lipinski definition) is 3. The largest absolute Gasteiger partial charge is 0.465 e. The van der Waals surface area contributed by atoms with E-state index in [1.54, 1.807) is 0 Å². The number of rotatable bonds is 11. The van der Waals surface area contributed by atoms with E-state index in [2.05, 4.69) is 46.8 Å². The molecule has 2 aromatic carbocycles. The van der Waals surface area contributed by atoms with Crippen LogP contribution < -0.4 is 0 Å². The third-order valence-electron chi connectivity index (χ3n) is 5.81. The van der Waals surface area contributed by atoms with Crippen molar-refractivity contribution in [2.45, 2.75) is 73.1 Å². The molecule has 0 bridgehead atoms. The first-order chi connectivity index (χ1) is 15.0. The average Bonchev–Trinajstić information content (AvgIpc) is 2.72. The molecular weight excluding hydrogens is 396 g/mol. The smallest absolute Gasteiger partial charge is 0.309 e. The second-order valence-corrected chi connectivity index (χ2v) is 10.6. The van der Waals surface area contributed by atoms with Crippen LogP contribution in [0.1, 0.15) is 77.0 Å². The van der Waals surface area contributed by atoms with Gasteiger partial charge < -0.3 is 4.74 Å². The molecule has 0 amide bonds. The van der Waals surface area contributed by atoms with Crippen molar-refractivity contribution < 1.29 is 14.3 Å². The lowest BCUT2D eigenvalue weighted by Gasteiger charge is -2.21. The fourth-order valence-electron chi connectivity index (χ4n) is 3.73. The van der Waals surface area contributed by atoms with E-state index in [-0.39, 0.29) is 29.5 Å². The van der Waals surface area contributed by atoms with Crippen molar-refractivity contribution in [1.29, 1.82) is 0 Å². The highest BCUT2D eigenvalue weighted by molar-refractivity contribution is 5.89. The quantitative estimate of drug-likeness (QED) is 0.364. The third kappa shape index (κ3) is 8.98. The van der Waals surface area contributed by atoms with Gasteiger partial charge in [0.15, 0.2) is 0 Å². The van der Waals surface area contributed by atoms with Crippen LogP contribution in [0.25, 0.3) is 0 Å². The van der Waals surface area contributed by atoms with Gasteiger partial charge in [-0.1, -0.05) is 96.1 Å². The van der Waals surface area contributed by atoms with E-state index in [1.807, 2.05) is 49.4 Å². The van der Waals surface area contributed by atoms with Crippen molar-refractivity contribution >= 4 is 11.8 Å². The van der Waals surface area contributed by atoms with Gasteiger partial charge in [0.05, 0.1) is 12.5 Å². The van der Waals surface area contributed by atoms with Gasteiger partial charge >= 0.3 is 5.97 Å². The molecule has 0 aliphatic rings. The Hall–Kier alpha value is -2.42. The van der Waals surface area contributed by atoms with Crippen molar-refractivity contribution in [3.8, 4) is 0 Å².